The van der Waals surface area contributed by atoms with Crippen molar-refractivity contribution in [3.63, 3.8) is 0 Å². The fourth-order valence-corrected chi connectivity index (χ4v) is 3.17. The average Bonchev–Trinajstić information content (AvgIpc) is 2.96. The molecule has 1 aliphatic heterocycles. The van der Waals surface area contributed by atoms with Gasteiger partial charge in [-0.15, -0.1) is 0 Å². The van der Waals surface area contributed by atoms with Crippen LogP contribution < -0.4 is 5.32 Å². The summed E-state index contributed by atoms with van der Waals surface area (Å²) < 4.78 is 5.72. The molecule has 0 bridgehead atoms. The largest absolute Gasteiger partial charge is 0.441 e. The highest BCUT2D eigenvalue weighted by atomic mass is 16.4. The molecule has 2 amide bonds. The monoisotopic (exact) mass is 341 g/mol. The van der Waals surface area contributed by atoms with Crippen molar-refractivity contribution < 1.29 is 14.0 Å². The lowest BCUT2D eigenvalue weighted by Gasteiger charge is -2.37. The quantitative estimate of drug-likeness (QED) is 0.925. The van der Waals surface area contributed by atoms with E-state index >= 15 is 0 Å². The summed E-state index contributed by atoms with van der Waals surface area (Å²) in [6.45, 7) is 6.72. The maximum absolute atomic E-state index is 12.8. The summed E-state index contributed by atoms with van der Waals surface area (Å²) in [6.07, 6.45) is 0.138. The van der Waals surface area contributed by atoms with Crippen LogP contribution >= 0.6 is 0 Å². The molecule has 132 valence electrons. The van der Waals surface area contributed by atoms with Crippen LogP contribution in [0.25, 0.3) is 11.5 Å². The van der Waals surface area contributed by atoms with E-state index in [2.05, 4.69) is 10.3 Å². The fourth-order valence-electron chi connectivity index (χ4n) is 3.17. The Morgan fingerprint density at radius 2 is 2.08 bits per heavy atom. The van der Waals surface area contributed by atoms with Gasteiger partial charge in [-0.05, 0) is 25.0 Å². The second-order valence-corrected chi connectivity index (χ2v) is 6.63. The van der Waals surface area contributed by atoms with Crippen LogP contribution in [0, 0.1) is 12.8 Å². The summed E-state index contributed by atoms with van der Waals surface area (Å²) in [4.78, 5) is 31.1. The number of aryl methyl sites for hydroxylation is 1. The summed E-state index contributed by atoms with van der Waals surface area (Å²) in [6, 6.07) is 9.17. The lowest BCUT2D eigenvalue weighted by molar-refractivity contribution is -0.144. The third kappa shape index (κ3) is 3.57. The molecule has 1 saturated heterocycles. The van der Waals surface area contributed by atoms with Crippen molar-refractivity contribution in [2.45, 2.75) is 33.2 Å². The molecule has 0 saturated carbocycles. The van der Waals surface area contributed by atoms with Gasteiger partial charge in [0.2, 0.25) is 17.7 Å². The van der Waals surface area contributed by atoms with E-state index in [-0.39, 0.29) is 24.2 Å². The Labute approximate surface area is 147 Å². The molecule has 6 nitrogen and oxygen atoms in total. The van der Waals surface area contributed by atoms with E-state index in [1.54, 1.807) is 4.90 Å². The highest BCUT2D eigenvalue weighted by Gasteiger charge is 2.35. The first kappa shape index (κ1) is 17.2. The van der Waals surface area contributed by atoms with Crippen molar-refractivity contribution in [1.29, 1.82) is 0 Å². The Balaban J connectivity index is 1.79. The first-order chi connectivity index (χ1) is 12.0. The SMILES string of the molecule is Cc1oc(-c2ccccc2)nc1CC(=O)N1CCNC(=O)[C@@H]1C(C)C. The predicted octanol–water partition coefficient (Wildman–Crippen LogP) is 2.18. The highest BCUT2D eigenvalue weighted by molar-refractivity contribution is 5.89. The summed E-state index contributed by atoms with van der Waals surface area (Å²) in [5.41, 5.74) is 1.50. The van der Waals surface area contributed by atoms with Gasteiger partial charge in [0.05, 0.1) is 12.1 Å². The minimum Gasteiger partial charge on any atom is -0.441 e. The molecule has 1 atom stereocenters. The Hall–Kier alpha value is -2.63. The molecule has 0 spiro atoms. The summed E-state index contributed by atoms with van der Waals surface area (Å²) >= 11 is 0. The molecule has 1 fully saturated rings. The minimum absolute atomic E-state index is 0.0579. The Morgan fingerprint density at radius 3 is 2.76 bits per heavy atom. The lowest BCUT2D eigenvalue weighted by Crippen LogP contribution is -2.59. The zero-order valence-electron chi connectivity index (χ0n) is 14.8. The number of hydrogen-bond acceptors (Lipinski definition) is 4. The lowest BCUT2D eigenvalue weighted by atomic mass is 9.99. The second-order valence-electron chi connectivity index (χ2n) is 6.63. The standard InChI is InChI=1S/C19H23N3O3/c1-12(2)17-18(24)20-9-10-22(17)16(23)11-15-13(3)25-19(21-15)14-7-5-4-6-8-14/h4-8,12,17H,9-11H2,1-3H3,(H,20,24)/t17-/m0/s1. The van der Waals surface area contributed by atoms with Crippen molar-refractivity contribution in [2.75, 3.05) is 13.1 Å². The van der Waals surface area contributed by atoms with Crippen LogP contribution in [-0.4, -0.2) is 40.8 Å². The van der Waals surface area contributed by atoms with Crippen LogP contribution in [0.2, 0.25) is 0 Å². The number of piperazine rings is 1. The maximum atomic E-state index is 12.8. The van der Waals surface area contributed by atoms with Gasteiger partial charge in [-0.2, -0.15) is 0 Å². The van der Waals surface area contributed by atoms with Gasteiger partial charge in [-0.1, -0.05) is 32.0 Å². The average molecular weight is 341 g/mol. The van der Waals surface area contributed by atoms with E-state index < -0.39 is 6.04 Å². The number of carbonyl (C=O) groups excluding carboxylic acids is 2. The number of nitrogens with one attached hydrogen (secondary N) is 1. The molecule has 25 heavy (non-hydrogen) atoms. The molecule has 2 aromatic rings. The zero-order valence-corrected chi connectivity index (χ0v) is 14.8. The molecular formula is C19H23N3O3. The van der Waals surface area contributed by atoms with E-state index in [1.807, 2.05) is 51.1 Å². The van der Waals surface area contributed by atoms with Gasteiger partial charge in [0.1, 0.15) is 11.8 Å². The molecule has 1 aliphatic rings. The van der Waals surface area contributed by atoms with Crippen molar-refractivity contribution in [2.24, 2.45) is 5.92 Å². The molecule has 1 N–H and O–H groups in total. The van der Waals surface area contributed by atoms with Crippen LogP contribution in [0.5, 0.6) is 0 Å². The van der Waals surface area contributed by atoms with E-state index in [9.17, 15) is 9.59 Å². The molecule has 0 aliphatic carbocycles. The first-order valence-electron chi connectivity index (χ1n) is 8.56. The molecule has 1 aromatic carbocycles. The van der Waals surface area contributed by atoms with Gasteiger partial charge >= 0.3 is 0 Å². The highest BCUT2D eigenvalue weighted by Crippen LogP contribution is 2.23. The van der Waals surface area contributed by atoms with Crippen molar-refractivity contribution in [3.05, 3.63) is 41.8 Å². The maximum Gasteiger partial charge on any atom is 0.243 e. The summed E-state index contributed by atoms with van der Waals surface area (Å²) in [7, 11) is 0. The molecule has 2 heterocycles. The van der Waals surface area contributed by atoms with Crippen LogP contribution in [0.4, 0.5) is 0 Å². The smallest absolute Gasteiger partial charge is 0.243 e. The predicted molar refractivity (Wildman–Crippen MR) is 93.7 cm³/mol. The number of nitrogens with zero attached hydrogens (tertiary/aromatic N) is 2. The third-order valence-corrected chi connectivity index (χ3v) is 4.44. The van der Waals surface area contributed by atoms with Crippen molar-refractivity contribution in [3.8, 4) is 11.5 Å². The van der Waals surface area contributed by atoms with E-state index in [0.29, 0.717) is 30.4 Å². The number of oxazole rings is 1. The molecule has 0 unspecified atom stereocenters. The zero-order chi connectivity index (χ0) is 18.0. The number of carbonyl (C=O) groups is 2. The minimum atomic E-state index is -0.429. The van der Waals surface area contributed by atoms with Crippen LogP contribution in [0.1, 0.15) is 25.3 Å². The van der Waals surface area contributed by atoms with Crippen molar-refractivity contribution >= 4 is 11.8 Å². The normalized spacial score (nSPS) is 17.7. The number of aromatic nitrogens is 1. The number of rotatable bonds is 4. The Bertz CT molecular complexity index is 767. The van der Waals surface area contributed by atoms with Gasteiger partial charge in [-0.25, -0.2) is 4.98 Å². The number of benzene rings is 1. The third-order valence-electron chi connectivity index (χ3n) is 4.44. The van der Waals surface area contributed by atoms with Gasteiger partial charge in [0.15, 0.2) is 0 Å². The first-order valence-corrected chi connectivity index (χ1v) is 8.56. The van der Waals surface area contributed by atoms with Gasteiger partial charge < -0.3 is 14.6 Å². The molecule has 1 aromatic heterocycles. The summed E-state index contributed by atoms with van der Waals surface area (Å²) in [5.74, 6) is 1.02. The molecular weight excluding hydrogens is 318 g/mol. The van der Waals surface area contributed by atoms with E-state index in [4.69, 9.17) is 4.42 Å². The molecule has 3 rings (SSSR count). The fraction of sp³-hybridized carbons (Fsp3) is 0.421. The summed E-state index contributed by atoms with van der Waals surface area (Å²) in [5, 5.41) is 2.83. The van der Waals surface area contributed by atoms with Crippen LogP contribution in [0.3, 0.4) is 0 Å². The van der Waals surface area contributed by atoms with Gasteiger partial charge in [-0.3, -0.25) is 9.59 Å². The molecule has 0 radical (unpaired) electrons. The Morgan fingerprint density at radius 1 is 1.36 bits per heavy atom. The van der Waals surface area contributed by atoms with E-state index in [1.165, 1.54) is 0 Å². The van der Waals surface area contributed by atoms with Gasteiger partial charge in [0.25, 0.3) is 0 Å². The van der Waals surface area contributed by atoms with E-state index in [0.717, 1.165) is 5.56 Å². The van der Waals surface area contributed by atoms with Crippen molar-refractivity contribution in [1.82, 2.24) is 15.2 Å². The molecule has 6 heteroatoms. The number of hydrogen-bond donors (Lipinski definition) is 1. The van der Waals surface area contributed by atoms with Gasteiger partial charge in [0, 0.05) is 18.7 Å². The second kappa shape index (κ2) is 7.09. The number of amides is 2. The topological polar surface area (TPSA) is 75.4 Å². The van der Waals surface area contributed by atoms with Crippen LogP contribution in [-0.2, 0) is 16.0 Å². The Kier molecular flexibility index (Phi) is 4.88. The van der Waals surface area contributed by atoms with Crippen LogP contribution in [0.15, 0.2) is 34.7 Å².